The fourth-order valence-electron chi connectivity index (χ4n) is 0.860. The summed E-state index contributed by atoms with van der Waals surface area (Å²) < 4.78 is -0.0791. The lowest BCUT2D eigenvalue weighted by atomic mass is 10.2. The van der Waals surface area contributed by atoms with Gasteiger partial charge in [-0.05, 0) is 73.8 Å². The summed E-state index contributed by atoms with van der Waals surface area (Å²) in [6.45, 7) is 0. The molecule has 0 aliphatic rings. The SMILES string of the molecule is O=C=Nc1ccccc1C(I)(I)I. The van der Waals surface area contributed by atoms with Crippen molar-refractivity contribution in [2.75, 3.05) is 0 Å². The van der Waals surface area contributed by atoms with E-state index in [4.69, 9.17) is 0 Å². The molecule has 0 N–H and O–H groups in total. The Morgan fingerprint density at radius 3 is 2.38 bits per heavy atom. The molecule has 0 amide bonds. The second-order valence-corrected chi connectivity index (χ2v) is 13.3. The van der Waals surface area contributed by atoms with E-state index in [1.54, 1.807) is 6.08 Å². The van der Waals surface area contributed by atoms with Crippen LogP contribution in [0.2, 0.25) is 0 Å². The molecule has 5 heteroatoms. The predicted molar refractivity (Wildman–Crippen MR) is 78.0 cm³/mol. The summed E-state index contributed by atoms with van der Waals surface area (Å²) >= 11 is 6.87. The molecule has 1 aromatic rings. The van der Waals surface area contributed by atoms with Crippen molar-refractivity contribution in [3.63, 3.8) is 0 Å². The molecular formula is C8H4I3NO. The van der Waals surface area contributed by atoms with Crippen LogP contribution in [0.1, 0.15) is 5.56 Å². The Morgan fingerprint density at radius 1 is 1.23 bits per heavy atom. The van der Waals surface area contributed by atoms with E-state index < -0.39 is 0 Å². The molecule has 0 saturated carbocycles. The number of hydrogen-bond donors (Lipinski definition) is 0. The molecule has 0 atom stereocenters. The van der Waals surface area contributed by atoms with Crippen molar-refractivity contribution in [1.29, 1.82) is 0 Å². The molecule has 0 aliphatic carbocycles. The van der Waals surface area contributed by atoms with E-state index in [-0.39, 0.29) is -0.565 Å². The molecule has 0 fully saturated rings. The summed E-state index contributed by atoms with van der Waals surface area (Å²) in [6, 6.07) is 7.56. The first-order chi connectivity index (χ1) is 6.05. The number of rotatable bonds is 2. The van der Waals surface area contributed by atoms with Gasteiger partial charge in [-0.25, -0.2) is 4.79 Å². The number of isocyanates is 1. The van der Waals surface area contributed by atoms with Crippen molar-refractivity contribution >= 4 is 79.5 Å². The van der Waals surface area contributed by atoms with Gasteiger partial charge in [-0.2, -0.15) is 4.99 Å². The summed E-state index contributed by atoms with van der Waals surface area (Å²) in [5, 5.41) is 0. The quantitative estimate of drug-likeness (QED) is 0.255. The standard InChI is InChI=1S/C8H4I3NO/c9-8(10,11)6-3-1-2-4-7(6)12-5-13/h1-4H. The number of benzene rings is 1. The van der Waals surface area contributed by atoms with E-state index in [9.17, 15) is 4.79 Å². The van der Waals surface area contributed by atoms with Gasteiger partial charge in [0.1, 0.15) is 0 Å². The first-order valence-corrected chi connectivity index (χ1v) is 6.53. The minimum atomic E-state index is -0.0791. The largest absolute Gasteiger partial charge is 0.240 e. The number of carbonyl (C=O) groups excluding carboxylic acids is 1. The highest BCUT2D eigenvalue weighted by Crippen LogP contribution is 2.49. The minimum Gasteiger partial charge on any atom is -0.211 e. The zero-order valence-corrected chi connectivity index (χ0v) is 12.8. The average molecular weight is 511 g/mol. The Labute approximate surface area is 117 Å². The van der Waals surface area contributed by atoms with Gasteiger partial charge in [0.05, 0.1) is 5.69 Å². The fraction of sp³-hybridized carbons (Fsp3) is 0.125. The zero-order valence-electron chi connectivity index (χ0n) is 6.30. The summed E-state index contributed by atoms with van der Waals surface area (Å²) in [7, 11) is 0. The molecule has 13 heavy (non-hydrogen) atoms. The Morgan fingerprint density at radius 2 is 1.85 bits per heavy atom. The van der Waals surface area contributed by atoms with E-state index in [1.807, 2.05) is 24.3 Å². The summed E-state index contributed by atoms with van der Waals surface area (Å²) in [5.74, 6) is 0. The maximum absolute atomic E-state index is 10.2. The molecular weight excluding hydrogens is 507 g/mol. The van der Waals surface area contributed by atoms with Crippen LogP contribution in [0.4, 0.5) is 5.69 Å². The smallest absolute Gasteiger partial charge is 0.211 e. The van der Waals surface area contributed by atoms with Gasteiger partial charge in [-0.15, -0.1) is 0 Å². The molecule has 0 bridgehead atoms. The highest BCUT2D eigenvalue weighted by Gasteiger charge is 2.23. The molecule has 68 valence electrons. The normalized spacial score (nSPS) is 10.7. The molecule has 0 aromatic heterocycles. The van der Waals surface area contributed by atoms with Crippen molar-refractivity contribution in [2.24, 2.45) is 4.99 Å². The first kappa shape index (κ1) is 11.9. The molecule has 0 aliphatic heterocycles. The van der Waals surface area contributed by atoms with Gasteiger partial charge in [0.25, 0.3) is 0 Å². The highest BCUT2D eigenvalue weighted by molar-refractivity contribution is 14.3. The second kappa shape index (κ2) is 5.04. The van der Waals surface area contributed by atoms with E-state index in [0.29, 0.717) is 5.69 Å². The topological polar surface area (TPSA) is 29.4 Å². The van der Waals surface area contributed by atoms with Crippen LogP contribution in [0.3, 0.4) is 0 Å². The maximum atomic E-state index is 10.2. The molecule has 0 unspecified atom stereocenters. The molecule has 1 aromatic carbocycles. The van der Waals surface area contributed by atoms with Crippen LogP contribution >= 0.6 is 67.8 Å². The molecule has 0 saturated heterocycles. The number of nitrogens with zero attached hydrogens (tertiary/aromatic N) is 1. The van der Waals surface area contributed by atoms with E-state index in [2.05, 4.69) is 72.8 Å². The summed E-state index contributed by atoms with van der Waals surface area (Å²) in [4.78, 5) is 13.8. The monoisotopic (exact) mass is 511 g/mol. The van der Waals surface area contributed by atoms with Crippen LogP contribution in [-0.4, -0.2) is 6.08 Å². The number of halogens is 3. The van der Waals surface area contributed by atoms with Gasteiger partial charge >= 0.3 is 0 Å². The Bertz CT molecular complexity index is 353. The summed E-state index contributed by atoms with van der Waals surface area (Å²) in [6.07, 6.45) is 1.56. The third-order valence-corrected chi connectivity index (χ3v) is 3.12. The Hall–Kier alpha value is 0.790. The first-order valence-electron chi connectivity index (χ1n) is 3.30. The van der Waals surface area contributed by atoms with Crippen LogP contribution in [0.15, 0.2) is 29.3 Å². The maximum Gasteiger partial charge on any atom is 0.240 e. The van der Waals surface area contributed by atoms with Gasteiger partial charge in [0, 0.05) is 5.56 Å². The van der Waals surface area contributed by atoms with Crippen LogP contribution in [0, 0.1) is 0 Å². The van der Waals surface area contributed by atoms with Gasteiger partial charge in [-0.1, -0.05) is 18.2 Å². The highest BCUT2D eigenvalue weighted by atomic mass is 127. The molecule has 0 spiro atoms. The summed E-state index contributed by atoms with van der Waals surface area (Å²) in [5.41, 5.74) is 1.72. The van der Waals surface area contributed by atoms with Crippen molar-refractivity contribution < 1.29 is 4.79 Å². The van der Waals surface area contributed by atoms with Crippen molar-refractivity contribution in [1.82, 2.24) is 0 Å². The number of hydrogen-bond acceptors (Lipinski definition) is 2. The van der Waals surface area contributed by atoms with Crippen LogP contribution in [0.5, 0.6) is 0 Å². The van der Waals surface area contributed by atoms with Gasteiger partial charge in [0.15, 0.2) is -0.565 Å². The molecule has 2 nitrogen and oxygen atoms in total. The lowest BCUT2D eigenvalue weighted by molar-refractivity contribution is 0.565. The average Bonchev–Trinajstić information content (AvgIpc) is 2.04. The lowest BCUT2D eigenvalue weighted by Crippen LogP contribution is -1.96. The second-order valence-electron chi connectivity index (χ2n) is 2.22. The van der Waals surface area contributed by atoms with E-state index >= 15 is 0 Å². The number of aliphatic imine (C=N–C) groups is 1. The van der Waals surface area contributed by atoms with Crippen molar-refractivity contribution in [2.45, 2.75) is -0.565 Å². The molecule has 0 radical (unpaired) electrons. The third kappa shape index (κ3) is 3.45. The van der Waals surface area contributed by atoms with E-state index in [1.165, 1.54) is 0 Å². The minimum absolute atomic E-state index is 0.0791. The Balaban J connectivity index is 3.27. The fourth-order valence-corrected chi connectivity index (χ4v) is 2.23. The van der Waals surface area contributed by atoms with Crippen LogP contribution < -0.4 is 0 Å². The molecule has 1 rings (SSSR count). The van der Waals surface area contributed by atoms with E-state index in [0.717, 1.165) is 5.56 Å². The van der Waals surface area contributed by atoms with Crippen molar-refractivity contribution in [3.05, 3.63) is 29.8 Å². The number of para-hydroxylation sites is 1. The van der Waals surface area contributed by atoms with Gasteiger partial charge < -0.3 is 0 Å². The van der Waals surface area contributed by atoms with Gasteiger partial charge in [-0.3, -0.25) is 0 Å². The van der Waals surface area contributed by atoms with Crippen molar-refractivity contribution in [3.8, 4) is 0 Å². The number of alkyl halides is 3. The lowest BCUT2D eigenvalue weighted by Gasteiger charge is -2.13. The van der Waals surface area contributed by atoms with Crippen LogP contribution in [-0.2, 0) is 4.23 Å². The molecule has 0 heterocycles. The zero-order chi connectivity index (χ0) is 9.90. The predicted octanol–water partition coefficient (Wildman–Crippen LogP) is 4.07. The Kier molecular flexibility index (Phi) is 4.59. The van der Waals surface area contributed by atoms with Crippen LogP contribution in [0.25, 0.3) is 0 Å². The van der Waals surface area contributed by atoms with Gasteiger partial charge in [0.2, 0.25) is 6.08 Å². The third-order valence-electron chi connectivity index (χ3n) is 1.38.